The number of ether oxygens (including phenoxy) is 2. The number of hydrogen-bond donors (Lipinski definition) is 1. The third-order valence-corrected chi connectivity index (χ3v) is 6.27. The summed E-state index contributed by atoms with van der Waals surface area (Å²) < 4.78 is 11.0. The first kappa shape index (κ1) is 20.5. The molecule has 0 amide bonds. The van der Waals surface area contributed by atoms with E-state index in [0.717, 1.165) is 24.4 Å². The summed E-state index contributed by atoms with van der Waals surface area (Å²) in [5.41, 5.74) is 5.09. The SMILES string of the molecule is COCOc1c(C)cccc1Pc1c(C)cccc1CNCc1ccccc1. The minimum atomic E-state index is 0.265. The molecule has 0 bridgehead atoms. The van der Waals surface area contributed by atoms with E-state index in [1.807, 2.05) is 6.07 Å². The minimum absolute atomic E-state index is 0.265. The Morgan fingerprint density at radius 2 is 1.57 bits per heavy atom. The van der Waals surface area contributed by atoms with E-state index in [2.05, 4.69) is 79.8 Å². The lowest BCUT2D eigenvalue weighted by atomic mass is 10.1. The van der Waals surface area contributed by atoms with Crippen LogP contribution in [-0.2, 0) is 17.8 Å². The molecule has 3 rings (SSSR count). The molecule has 3 aromatic rings. The Kier molecular flexibility index (Phi) is 7.62. The van der Waals surface area contributed by atoms with E-state index in [4.69, 9.17) is 9.47 Å². The van der Waals surface area contributed by atoms with Crippen molar-refractivity contribution in [1.82, 2.24) is 5.32 Å². The summed E-state index contributed by atoms with van der Waals surface area (Å²) in [6.07, 6.45) is 0. The molecule has 4 heteroatoms. The van der Waals surface area contributed by atoms with Gasteiger partial charge in [0, 0.05) is 25.5 Å². The average molecular weight is 393 g/mol. The van der Waals surface area contributed by atoms with Crippen molar-refractivity contribution < 1.29 is 9.47 Å². The fourth-order valence-electron chi connectivity index (χ4n) is 3.19. The van der Waals surface area contributed by atoms with E-state index in [9.17, 15) is 0 Å². The summed E-state index contributed by atoms with van der Waals surface area (Å²) in [5, 5.41) is 6.19. The monoisotopic (exact) mass is 393 g/mol. The molecule has 0 aromatic heterocycles. The molecule has 0 radical (unpaired) electrons. The second kappa shape index (κ2) is 10.4. The molecule has 3 aromatic carbocycles. The largest absolute Gasteiger partial charge is 0.467 e. The van der Waals surface area contributed by atoms with Crippen molar-refractivity contribution in [1.29, 1.82) is 0 Å². The molecular formula is C24H28NO2P. The number of aryl methyl sites for hydroxylation is 2. The standard InChI is InChI=1S/C24H28NO2P/c1-18-9-8-14-22(23(18)27-17-26-3)28-24-19(2)10-7-13-21(24)16-25-15-20-11-5-4-6-12-20/h4-14,25,28H,15-17H2,1-3H3. The molecule has 0 aliphatic rings. The summed E-state index contributed by atoms with van der Waals surface area (Å²) in [4.78, 5) is 0. The number of hydrogen-bond acceptors (Lipinski definition) is 3. The van der Waals surface area contributed by atoms with Crippen molar-refractivity contribution in [2.75, 3.05) is 13.9 Å². The van der Waals surface area contributed by atoms with Crippen LogP contribution in [0.5, 0.6) is 5.75 Å². The maximum atomic E-state index is 5.88. The van der Waals surface area contributed by atoms with Crippen LogP contribution in [0.15, 0.2) is 66.7 Å². The third kappa shape index (κ3) is 5.42. The van der Waals surface area contributed by atoms with Crippen LogP contribution in [0.3, 0.4) is 0 Å². The molecule has 0 saturated heterocycles. The molecule has 0 aliphatic carbocycles. The van der Waals surface area contributed by atoms with Crippen molar-refractivity contribution in [2.45, 2.75) is 26.9 Å². The normalized spacial score (nSPS) is 11.2. The van der Waals surface area contributed by atoms with Gasteiger partial charge in [0.25, 0.3) is 0 Å². The highest BCUT2D eigenvalue weighted by Gasteiger charge is 2.12. The van der Waals surface area contributed by atoms with Gasteiger partial charge in [0.2, 0.25) is 0 Å². The maximum Gasteiger partial charge on any atom is 0.188 e. The van der Waals surface area contributed by atoms with Gasteiger partial charge in [-0.25, -0.2) is 0 Å². The molecule has 0 aliphatic heterocycles. The number of nitrogens with one attached hydrogen (secondary N) is 1. The van der Waals surface area contributed by atoms with Gasteiger partial charge in [0.05, 0.1) is 0 Å². The van der Waals surface area contributed by atoms with Gasteiger partial charge in [-0.15, -0.1) is 0 Å². The van der Waals surface area contributed by atoms with Gasteiger partial charge in [-0.2, -0.15) is 0 Å². The van der Waals surface area contributed by atoms with Crippen molar-refractivity contribution in [2.24, 2.45) is 0 Å². The van der Waals surface area contributed by atoms with Crippen LogP contribution in [0.4, 0.5) is 0 Å². The van der Waals surface area contributed by atoms with Crippen LogP contribution >= 0.6 is 8.58 Å². The summed E-state index contributed by atoms with van der Waals surface area (Å²) in [5.74, 6) is 0.939. The molecule has 0 saturated carbocycles. The third-order valence-electron chi connectivity index (χ3n) is 4.64. The zero-order chi connectivity index (χ0) is 19.8. The van der Waals surface area contributed by atoms with Crippen molar-refractivity contribution in [3.63, 3.8) is 0 Å². The smallest absolute Gasteiger partial charge is 0.188 e. The van der Waals surface area contributed by atoms with E-state index < -0.39 is 0 Å². The fraction of sp³-hybridized carbons (Fsp3) is 0.250. The van der Waals surface area contributed by atoms with Crippen LogP contribution in [-0.4, -0.2) is 13.9 Å². The zero-order valence-electron chi connectivity index (χ0n) is 16.8. The predicted octanol–water partition coefficient (Wildman–Crippen LogP) is 4.21. The molecule has 1 N–H and O–H groups in total. The highest BCUT2D eigenvalue weighted by molar-refractivity contribution is 7.56. The first-order valence-electron chi connectivity index (χ1n) is 9.50. The zero-order valence-corrected chi connectivity index (χ0v) is 17.8. The van der Waals surface area contributed by atoms with E-state index in [1.54, 1.807) is 7.11 Å². The Bertz CT molecular complexity index is 896. The molecule has 0 spiro atoms. The fourth-order valence-corrected chi connectivity index (χ4v) is 4.63. The van der Waals surface area contributed by atoms with Crippen LogP contribution in [0.1, 0.15) is 22.3 Å². The predicted molar refractivity (Wildman–Crippen MR) is 119 cm³/mol. The molecule has 146 valence electrons. The lowest BCUT2D eigenvalue weighted by molar-refractivity contribution is 0.0514. The molecule has 1 atom stereocenters. The van der Waals surface area contributed by atoms with E-state index >= 15 is 0 Å². The minimum Gasteiger partial charge on any atom is -0.467 e. The van der Waals surface area contributed by atoms with E-state index in [1.165, 1.54) is 27.3 Å². The van der Waals surface area contributed by atoms with Gasteiger partial charge < -0.3 is 14.8 Å². The second-order valence-electron chi connectivity index (χ2n) is 6.83. The Hall–Kier alpha value is -2.19. The van der Waals surface area contributed by atoms with Gasteiger partial charge in [-0.1, -0.05) is 75.3 Å². The number of methoxy groups -OCH3 is 1. The van der Waals surface area contributed by atoms with Gasteiger partial charge in [-0.05, 0) is 41.4 Å². The molecule has 3 nitrogen and oxygen atoms in total. The number of para-hydroxylation sites is 1. The summed E-state index contributed by atoms with van der Waals surface area (Å²) in [6.45, 7) is 6.25. The van der Waals surface area contributed by atoms with Gasteiger partial charge in [-0.3, -0.25) is 0 Å². The molecule has 0 heterocycles. The number of benzene rings is 3. The highest BCUT2D eigenvalue weighted by Crippen LogP contribution is 2.25. The summed E-state index contributed by atoms with van der Waals surface area (Å²) in [6, 6.07) is 23.4. The van der Waals surface area contributed by atoms with Crippen LogP contribution in [0, 0.1) is 13.8 Å². The average Bonchev–Trinajstić information content (AvgIpc) is 2.71. The Labute approximate surface area is 169 Å². The summed E-state index contributed by atoms with van der Waals surface area (Å²) in [7, 11) is 2.19. The molecular weight excluding hydrogens is 365 g/mol. The number of rotatable bonds is 9. The Balaban J connectivity index is 1.78. The topological polar surface area (TPSA) is 30.5 Å². The Morgan fingerprint density at radius 3 is 2.36 bits per heavy atom. The lowest BCUT2D eigenvalue weighted by Gasteiger charge is -2.17. The van der Waals surface area contributed by atoms with Crippen molar-refractivity contribution >= 4 is 19.2 Å². The van der Waals surface area contributed by atoms with E-state index in [0.29, 0.717) is 8.58 Å². The quantitative estimate of drug-likeness (QED) is 0.437. The van der Waals surface area contributed by atoms with Crippen LogP contribution < -0.4 is 20.7 Å². The molecule has 1 unspecified atom stereocenters. The first-order chi connectivity index (χ1) is 13.7. The van der Waals surface area contributed by atoms with Crippen molar-refractivity contribution in [3.8, 4) is 5.75 Å². The second-order valence-corrected chi connectivity index (χ2v) is 8.11. The highest BCUT2D eigenvalue weighted by atomic mass is 31.1. The summed E-state index contributed by atoms with van der Waals surface area (Å²) >= 11 is 0. The maximum absolute atomic E-state index is 5.88. The van der Waals surface area contributed by atoms with Crippen molar-refractivity contribution in [3.05, 3.63) is 89.0 Å². The van der Waals surface area contributed by atoms with Crippen LogP contribution in [0.2, 0.25) is 0 Å². The lowest BCUT2D eigenvalue weighted by Crippen LogP contribution is -2.21. The molecule has 0 fully saturated rings. The van der Waals surface area contributed by atoms with Gasteiger partial charge in [0.1, 0.15) is 5.75 Å². The van der Waals surface area contributed by atoms with Crippen LogP contribution in [0.25, 0.3) is 0 Å². The first-order valence-corrected chi connectivity index (χ1v) is 10.5. The molecule has 28 heavy (non-hydrogen) atoms. The van der Waals surface area contributed by atoms with Gasteiger partial charge in [0.15, 0.2) is 6.79 Å². The Morgan fingerprint density at radius 1 is 0.821 bits per heavy atom. The van der Waals surface area contributed by atoms with Gasteiger partial charge >= 0.3 is 0 Å². The van der Waals surface area contributed by atoms with E-state index in [-0.39, 0.29) is 6.79 Å².